The van der Waals surface area contributed by atoms with Crippen LogP contribution < -0.4 is 9.80 Å². The van der Waals surface area contributed by atoms with Crippen LogP contribution in [0.3, 0.4) is 0 Å². The third-order valence-corrected chi connectivity index (χ3v) is 3.59. The van der Waals surface area contributed by atoms with E-state index in [2.05, 4.69) is 6.58 Å². The number of anilines is 2. The summed E-state index contributed by atoms with van der Waals surface area (Å²) in [5, 5.41) is 11.1. The molecule has 0 aromatic heterocycles. The zero-order chi connectivity index (χ0) is 18.6. The highest BCUT2D eigenvalue weighted by atomic mass is 16.6. The van der Waals surface area contributed by atoms with Crippen LogP contribution in [0.25, 0.3) is 0 Å². The molecule has 0 saturated heterocycles. The van der Waals surface area contributed by atoms with Crippen molar-refractivity contribution in [2.75, 3.05) is 23.0 Å². The maximum atomic E-state index is 12.4. The molecular weight excluding hydrogens is 330 g/mol. The number of amides is 2. The van der Waals surface area contributed by atoms with E-state index in [9.17, 15) is 19.7 Å². The van der Waals surface area contributed by atoms with E-state index < -0.39 is 23.3 Å². The fourth-order valence-electron chi connectivity index (χ4n) is 2.64. The van der Waals surface area contributed by atoms with E-state index in [1.54, 1.807) is 19.9 Å². The standard InChI is InChI=1S/C16H19N3O6/c1-4-7-14-17(15(20)24-5-2)12-9-8-11(19(22)23)10-13(12)18(14)16(21)25-6-3/h4,8-10,14H,1,5-7H2,2-3H3. The summed E-state index contributed by atoms with van der Waals surface area (Å²) in [6.07, 6.45) is -0.351. The predicted octanol–water partition coefficient (Wildman–Crippen LogP) is 3.44. The van der Waals surface area contributed by atoms with Crippen molar-refractivity contribution in [2.45, 2.75) is 26.4 Å². The Hall–Kier alpha value is -3.10. The van der Waals surface area contributed by atoms with E-state index in [0.717, 1.165) is 0 Å². The topological polar surface area (TPSA) is 102 Å². The quantitative estimate of drug-likeness (QED) is 0.458. The first kappa shape index (κ1) is 18.2. The highest BCUT2D eigenvalue weighted by molar-refractivity contribution is 6.05. The van der Waals surface area contributed by atoms with Crippen molar-refractivity contribution in [1.82, 2.24) is 0 Å². The molecule has 1 aromatic rings. The number of fused-ring (bicyclic) bond motifs is 1. The smallest absolute Gasteiger partial charge is 0.416 e. The van der Waals surface area contributed by atoms with Crippen LogP contribution in [0.4, 0.5) is 26.7 Å². The molecule has 1 aliphatic rings. The van der Waals surface area contributed by atoms with Crippen LogP contribution in [-0.2, 0) is 9.47 Å². The second-order valence-electron chi connectivity index (χ2n) is 5.07. The van der Waals surface area contributed by atoms with Gasteiger partial charge in [-0.3, -0.25) is 19.9 Å². The van der Waals surface area contributed by atoms with Gasteiger partial charge in [-0.15, -0.1) is 6.58 Å². The number of nitro groups is 1. The van der Waals surface area contributed by atoms with Gasteiger partial charge in [0.15, 0.2) is 0 Å². The van der Waals surface area contributed by atoms with E-state index in [4.69, 9.17) is 9.47 Å². The molecule has 0 aliphatic carbocycles. The minimum atomic E-state index is -0.771. The van der Waals surface area contributed by atoms with E-state index in [0.29, 0.717) is 5.69 Å². The summed E-state index contributed by atoms with van der Waals surface area (Å²) in [4.78, 5) is 37.8. The summed E-state index contributed by atoms with van der Waals surface area (Å²) in [5.41, 5.74) is 0.354. The van der Waals surface area contributed by atoms with Gasteiger partial charge in [-0.2, -0.15) is 0 Å². The molecule has 9 nitrogen and oxygen atoms in total. The predicted molar refractivity (Wildman–Crippen MR) is 90.7 cm³/mol. The van der Waals surface area contributed by atoms with Gasteiger partial charge in [-0.1, -0.05) is 6.08 Å². The molecular formula is C16H19N3O6. The highest BCUT2D eigenvalue weighted by Crippen LogP contribution is 2.43. The SMILES string of the molecule is C=CCC1N(C(=O)OCC)c2ccc([N+](=O)[O-])cc2N1C(=O)OCC. The van der Waals surface area contributed by atoms with Gasteiger partial charge in [0.1, 0.15) is 6.17 Å². The van der Waals surface area contributed by atoms with Gasteiger partial charge in [0.2, 0.25) is 0 Å². The number of nitro benzene ring substituents is 1. The Morgan fingerprint density at radius 2 is 1.76 bits per heavy atom. The van der Waals surface area contributed by atoms with Crippen LogP contribution in [0.1, 0.15) is 20.3 Å². The Balaban J connectivity index is 2.59. The average molecular weight is 349 g/mol. The Bertz CT molecular complexity index is 705. The molecule has 1 aliphatic heterocycles. The van der Waals surface area contributed by atoms with Crippen LogP contribution in [0.15, 0.2) is 30.9 Å². The van der Waals surface area contributed by atoms with Gasteiger partial charge >= 0.3 is 12.2 Å². The van der Waals surface area contributed by atoms with Gasteiger partial charge in [0, 0.05) is 18.6 Å². The van der Waals surface area contributed by atoms with Crippen molar-refractivity contribution in [3.8, 4) is 0 Å². The number of carbonyl (C=O) groups is 2. The number of benzene rings is 1. The molecule has 1 heterocycles. The van der Waals surface area contributed by atoms with Crippen LogP contribution >= 0.6 is 0 Å². The lowest BCUT2D eigenvalue weighted by Crippen LogP contribution is -2.48. The lowest BCUT2D eigenvalue weighted by molar-refractivity contribution is -0.384. The van der Waals surface area contributed by atoms with E-state index >= 15 is 0 Å². The Morgan fingerprint density at radius 1 is 1.20 bits per heavy atom. The first-order chi connectivity index (χ1) is 12.0. The third kappa shape index (κ3) is 3.39. The maximum absolute atomic E-state index is 12.4. The van der Waals surface area contributed by atoms with Crippen molar-refractivity contribution < 1.29 is 24.0 Å². The fraction of sp³-hybridized carbons (Fsp3) is 0.375. The second kappa shape index (κ2) is 7.65. The summed E-state index contributed by atoms with van der Waals surface area (Å²) in [6.45, 7) is 7.23. The Labute approximate surface area is 144 Å². The molecule has 0 saturated carbocycles. The Kier molecular flexibility index (Phi) is 5.58. The minimum absolute atomic E-state index is 0.125. The summed E-state index contributed by atoms with van der Waals surface area (Å²) in [6, 6.07) is 3.92. The van der Waals surface area contributed by atoms with Gasteiger partial charge in [-0.25, -0.2) is 9.59 Å². The van der Waals surface area contributed by atoms with Crippen molar-refractivity contribution in [2.24, 2.45) is 0 Å². The monoisotopic (exact) mass is 349 g/mol. The molecule has 1 atom stereocenters. The van der Waals surface area contributed by atoms with Crippen LogP contribution in [-0.4, -0.2) is 36.5 Å². The zero-order valence-electron chi connectivity index (χ0n) is 14.0. The number of nitrogens with zero attached hydrogens (tertiary/aromatic N) is 3. The summed E-state index contributed by atoms with van der Waals surface area (Å²) >= 11 is 0. The number of carbonyl (C=O) groups excluding carboxylic acids is 2. The largest absolute Gasteiger partial charge is 0.449 e. The highest BCUT2D eigenvalue weighted by Gasteiger charge is 2.44. The van der Waals surface area contributed by atoms with Gasteiger partial charge in [-0.05, 0) is 19.9 Å². The summed E-state index contributed by atoms with van der Waals surface area (Å²) in [7, 11) is 0. The molecule has 0 N–H and O–H groups in total. The maximum Gasteiger partial charge on any atom is 0.416 e. The number of ether oxygens (including phenoxy) is 2. The number of hydrogen-bond acceptors (Lipinski definition) is 6. The number of rotatable bonds is 5. The van der Waals surface area contributed by atoms with Crippen molar-refractivity contribution in [1.29, 1.82) is 0 Å². The zero-order valence-corrected chi connectivity index (χ0v) is 14.0. The minimum Gasteiger partial charge on any atom is -0.449 e. The first-order valence-electron chi connectivity index (χ1n) is 7.77. The molecule has 0 spiro atoms. The average Bonchev–Trinajstić information content (AvgIpc) is 2.88. The molecule has 1 unspecified atom stereocenters. The lowest BCUT2D eigenvalue weighted by atomic mass is 10.2. The third-order valence-electron chi connectivity index (χ3n) is 3.59. The molecule has 0 bridgehead atoms. The molecule has 2 rings (SSSR count). The van der Waals surface area contributed by atoms with E-state index in [-0.39, 0.29) is 31.0 Å². The fourth-order valence-corrected chi connectivity index (χ4v) is 2.64. The molecule has 9 heteroatoms. The van der Waals surface area contributed by atoms with Crippen molar-refractivity contribution in [3.05, 3.63) is 41.0 Å². The number of non-ortho nitro benzene ring substituents is 1. The normalized spacial score (nSPS) is 15.5. The lowest BCUT2D eigenvalue weighted by Gasteiger charge is -2.28. The van der Waals surface area contributed by atoms with Crippen molar-refractivity contribution >= 4 is 29.2 Å². The Morgan fingerprint density at radius 3 is 2.24 bits per heavy atom. The molecule has 0 fully saturated rings. The molecule has 134 valence electrons. The summed E-state index contributed by atoms with van der Waals surface area (Å²) < 4.78 is 10.1. The second-order valence-corrected chi connectivity index (χ2v) is 5.07. The van der Waals surface area contributed by atoms with Crippen LogP contribution in [0, 0.1) is 10.1 Å². The van der Waals surface area contributed by atoms with Gasteiger partial charge in [0.05, 0.1) is 29.5 Å². The number of hydrogen-bond donors (Lipinski definition) is 0. The van der Waals surface area contributed by atoms with Crippen LogP contribution in [0.5, 0.6) is 0 Å². The first-order valence-corrected chi connectivity index (χ1v) is 7.77. The van der Waals surface area contributed by atoms with E-state index in [1.165, 1.54) is 28.0 Å². The van der Waals surface area contributed by atoms with Gasteiger partial charge < -0.3 is 9.47 Å². The van der Waals surface area contributed by atoms with Crippen molar-refractivity contribution in [3.63, 3.8) is 0 Å². The molecule has 1 aromatic carbocycles. The molecule has 2 amide bonds. The van der Waals surface area contributed by atoms with Crippen LogP contribution in [0.2, 0.25) is 0 Å². The van der Waals surface area contributed by atoms with E-state index in [1.807, 2.05) is 0 Å². The molecule has 0 radical (unpaired) electrons. The summed E-state index contributed by atoms with van der Waals surface area (Å²) in [5.74, 6) is 0. The van der Waals surface area contributed by atoms with Gasteiger partial charge in [0.25, 0.3) is 5.69 Å². The molecule has 25 heavy (non-hydrogen) atoms.